The Bertz CT molecular complexity index is 1120. The zero-order valence-corrected chi connectivity index (χ0v) is 20.8. The van der Waals surface area contributed by atoms with E-state index in [4.69, 9.17) is 0 Å². The SMILES string of the molecule is Cc1ccc(-n2nc(C)c(C(=O)N3CCN(S(=O)(=O)N(C)C4CCCCC4)CC3)n2)c(C)c1. The van der Waals surface area contributed by atoms with Crippen molar-refractivity contribution in [2.75, 3.05) is 33.2 Å². The van der Waals surface area contributed by atoms with Gasteiger partial charge in [0.1, 0.15) is 0 Å². The molecular weight excluding hydrogens is 440 g/mol. The van der Waals surface area contributed by atoms with Crippen LogP contribution in [-0.4, -0.2) is 82.1 Å². The van der Waals surface area contributed by atoms with Crippen molar-refractivity contribution in [2.24, 2.45) is 0 Å². The summed E-state index contributed by atoms with van der Waals surface area (Å²) >= 11 is 0. The molecule has 0 bridgehead atoms. The summed E-state index contributed by atoms with van der Waals surface area (Å²) in [5.74, 6) is -0.207. The largest absolute Gasteiger partial charge is 0.335 e. The lowest BCUT2D eigenvalue weighted by atomic mass is 9.96. The number of aromatic nitrogens is 3. The zero-order chi connectivity index (χ0) is 23.8. The maximum atomic E-state index is 13.2. The zero-order valence-electron chi connectivity index (χ0n) is 20.0. The van der Waals surface area contributed by atoms with Gasteiger partial charge in [-0.2, -0.15) is 26.9 Å². The second kappa shape index (κ2) is 9.52. The summed E-state index contributed by atoms with van der Waals surface area (Å²) in [6.07, 6.45) is 5.18. The number of nitrogens with zero attached hydrogens (tertiary/aromatic N) is 6. The number of hydrogen-bond donors (Lipinski definition) is 0. The smallest absolute Gasteiger partial charge is 0.282 e. The van der Waals surface area contributed by atoms with E-state index in [1.54, 1.807) is 23.2 Å². The number of benzene rings is 1. The monoisotopic (exact) mass is 474 g/mol. The van der Waals surface area contributed by atoms with Crippen LogP contribution in [-0.2, 0) is 10.2 Å². The van der Waals surface area contributed by atoms with Crippen molar-refractivity contribution in [1.82, 2.24) is 28.5 Å². The topological polar surface area (TPSA) is 91.6 Å². The van der Waals surface area contributed by atoms with Gasteiger partial charge < -0.3 is 4.90 Å². The molecule has 1 aromatic carbocycles. The van der Waals surface area contributed by atoms with E-state index in [0.717, 1.165) is 42.5 Å². The van der Waals surface area contributed by atoms with Crippen molar-refractivity contribution in [2.45, 2.75) is 58.9 Å². The van der Waals surface area contributed by atoms with Crippen molar-refractivity contribution in [3.63, 3.8) is 0 Å². The molecular formula is C23H34N6O3S. The predicted octanol–water partition coefficient (Wildman–Crippen LogP) is 2.46. The van der Waals surface area contributed by atoms with Crippen LogP contribution in [0, 0.1) is 20.8 Å². The van der Waals surface area contributed by atoms with Crippen LogP contribution in [0.2, 0.25) is 0 Å². The van der Waals surface area contributed by atoms with Gasteiger partial charge in [0.05, 0.1) is 11.4 Å². The normalized spacial score (nSPS) is 18.8. The molecule has 2 heterocycles. The first-order valence-corrected chi connectivity index (χ1v) is 13.1. The molecule has 10 heteroatoms. The van der Waals surface area contributed by atoms with E-state index in [-0.39, 0.29) is 25.0 Å². The van der Waals surface area contributed by atoms with Gasteiger partial charge in [-0.15, -0.1) is 5.10 Å². The fourth-order valence-electron chi connectivity index (χ4n) is 4.80. The van der Waals surface area contributed by atoms with E-state index >= 15 is 0 Å². The minimum absolute atomic E-state index is 0.0753. The highest BCUT2D eigenvalue weighted by Gasteiger charge is 2.36. The Morgan fingerprint density at radius 1 is 1.00 bits per heavy atom. The first kappa shape index (κ1) is 23.8. The van der Waals surface area contributed by atoms with Crippen molar-refractivity contribution in [3.8, 4) is 5.69 Å². The van der Waals surface area contributed by atoms with Crippen molar-refractivity contribution in [1.29, 1.82) is 0 Å². The minimum Gasteiger partial charge on any atom is -0.335 e. The fourth-order valence-corrected chi connectivity index (χ4v) is 6.38. The van der Waals surface area contributed by atoms with Gasteiger partial charge in [0, 0.05) is 39.3 Å². The van der Waals surface area contributed by atoms with Crippen LogP contribution in [0.5, 0.6) is 0 Å². The minimum atomic E-state index is -3.53. The molecule has 2 aromatic rings. The van der Waals surface area contributed by atoms with E-state index in [2.05, 4.69) is 16.3 Å². The highest BCUT2D eigenvalue weighted by Crippen LogP contribution is 2.25. The lowest BCUT2D eigenvalue weighted by Crippen LogP contribution is -2.55. The second-order valence-corrected chi connectivity index (χ2v) is 11.2. The van der Waals surface area contributed by atoms with Crippen LogP contribution in [0.4, 0.5) is 0 Å². The maximum absolute atomic E-state index is 13.2. The van der Waals surface area contributed by atoms with Crippen LogP contribution in [0.3, 0.4) is 0 Å². The lowest BCUT2D eigenvalue weighted by molar-refractivity contribution is 0.0685. The first-order chi connectivity index (χ1) is 15.7. The molecule has 0 radical (unpaired) electrons. The Kier molecular flexibility index (Phi) is 6.88. The van der Waals surface area contributed by atoms with E-state index in [1.807, 2.05) is 26.0 Å². The molecule has 1 saturated carbocycles. The van der Waals surface area contributed by atoms with E-state index in [9.17, 15) is 13.2 Å². The van der Waals surface area contributed by atoms with Crippen molar-refractivity contribution in [3.05, 3.63) is 40.7 Å². The predicted molar refractivity (Wildman–Crippen MR) is 127 cm³/mol. The Labute approximate surface area is 196 Å². The van der Waals surface area contributed by atoms with Gasteiger partial charge in [-0.25, -0.2) is 0 Å². The summed E-state index contributed by atoms with van der Waals surface area (Å²) in [7, 11) is -1.84. The Hall–Kier alpha value is -2.30. The molecule has 33 heavy (non-hydrogen) atoms. The molecule has 0 unspecified atom stereocenters. The standard InChI is InChI=1S/C23H34N6O3S/c1-17-10-11-21(18(2)16-17)29-24-19(3)22(25-29)23(30)27-12-14-28(15-13-27)33(31,32)26(4)20-8-6-5-7-9-20/h10-11,16,20H,5-9,12-15H2,1-4H3. The Morgan fingerprint density at radius 2 is 1.67 bits per heavy atom. The number of rotatable bonds is 5. The number of aryl methyl sites for hydroxylation is 3. The average Bonchev–Trinajstić information content (AvgIpc) is 3.19. The van der Waals surface area contributed by atoms with E-state index in [0.29, 0.717) is 24.5 Å². The number of carbonyl (C=O) groups excluding carboxylic acids is 1. The van der Waals surface area contributed by atoms with Crippen LogP contribution in [0.25, 0.3) is 5.69 Å². The summed E-state index contributed by atoms with van der Waals surface area (Å²) in [6.45, 7) is 7.05. The van der Waals surface area contributed by atoms with Crippen LogP contribution < -0.4 is 0 Å². The third kappa shape index (κ3) is 4.83. The molecule has 1 saturated heterocycles. The Morgan fingerprint density at radius 3 is 2.30 bits per heavy atom. The molecule has 1 aromatic heterocycles. The van der Waals surface area contributed by atoms with Gasteiger partial charge in [0.25, 0.3) is 16.1 Å². The fraction of sp³-hybridized carbons (Fsp3) is 0.609. The highest BCUT2D eigenvalue weighted by atomic mass is 32.2. The molecule has 4 rings (SSSR count). The highest BCUT2D eigenvalue weighted by molar-refractivity contribution is 7.86. The average molecular weight is 475 g/mol. The molecule has 0 atom stereocenters. The molecule has 180 valence electrons. The number of hydrogen-bond acceptors (Lipinski definition) is 5. The molecule has 0 N–H and O–H groups in total. The summed E-state index contributed by atoms with van der Waals surface area (Å²) in [4.78, 5) is 16.4. The lowest BCUT2D eigenvalue weighted by Gasteiger charge is -2.38. The van der Waals surface area contributed by atoms with Gasteiger partial charge in [0.2, 0.25) is 0 Å². The van der Waals surface area contributed by atoms with E-state index < -0.39 is 10.2 Å². The van der Waals surface area contributed by atoms with Crippen LogP contribution in [0.1, 0.15) is 59.4 Å². The van der Waals surface area contributed by atoms with Crippen molar-refractivity contribution < 1.29 is 13.2 Å². The quantitative estimate of drug-likeness (QED) is 0.664. The maximum Gasteiger partial charge on any atom is 0.282 e. The second-order valence-electron chi connectivity index (χ2n) is 9.22. The van der Waals surface area contributed by atoms with Gasteiger partial charge in [-0.3, -0.25) is 4.79 Å². The van der Waals surface area contributed by atoms with Gasteiger partial charge in [0.15, 0.2) is 5.69 Å². The Balaban J connectivity index is 1.43. The first-order valence-electron chi connectivity index (χ1n) is 11.7. The molecule has 2 aliphatic rings. The molecule has 0 spiro atoms. The van der Waals surface area contributed by atoms with Crippen LogP contribution >= 0.6 is 0 Å². The summed E-state index contributed by atoms with van der Waals surface area (Å²) in [5, 5.41) is 8.94. The number of piperazine rings is 1. The molecule has 1 aliphatic carbocycles. The van der Waals surface area contributed by atoms with Crippen LogP contribution in [0.15, 0.2) is 18.2 Å². The summed E-state index contributed by atoms with van der Waals surface area (Å²) in [5.41, 5.74) is 3.89. The van der Waals surface area contributed by atoms with Gasteiger partial charge in [-0.1, -0.05) is 37.0 Å². The summed E-state index contributed by atoms with van der Waals surface area (Å²) < 4.78 is 29.3. The molecule has 9 nitrogen and oxygen atoms in total. The number of amides is 1. The van der Waals surface area contributed by atoms with Crippen molar-refractivity contribution >= 4 is 16.1 Å². The molecule has 1 aliphatic heterocycles. The van der Waals surface area contributed by atoms with E-state index in [1.165, 1.54) is 15.5 Å². The molecule has 1 amide bonds. The third-order valence-corrected chi connectivity index (χ3v) is 8.90. The van der Waals surface area contributed by atoms with Gasteiger partial charge >= 0.3 is 0 Å². The summed E-state index contributed by atoms with van der Waals surface area (Å²) in [6, 6.07) is 6.07. The van der Waals surface area contributed by atoms with Gasteiger partial charge in [-0.05, 0) is 45.2 Å². The molecule has 2 fully saturated rings. The number of carbonyl (C=O) groups is 1. The third-order valence-electron chi connectivity index (χ3n) is 6.86.